The van der Waals surface area contributed by atoms with E-state index in [9.17, 15) is 0 Å². The van der Waals surface area contributed by atoms with E-state index in [-0.39, 0.29) is 5.54 Å². The Morgan fingerprint density at radius 3 is 2.88 bits per heavy atom. The molecule has 1 spiro atoms. The maximum atomic E-state index is 5.43. The number of hydrogen-bond acceptors (Lipinski definition) is 4. The molecule has 3 aliphatic rings. The van der Waals surface area contributed by atoms with Gasteiger partial charge in [-0.25, -0.2) is 0 Å². The van der Waals surface area contributed by atoms with E-state index in [4.69, 9.17) is 14.5 Å². The van der Waals surface area contributed by atoms with Gasteiger partial charge in [0.2, 0.25) is 0 Å². The molecule has 4 nitrogen and oxygen atoms in total. The van der Waals surface area contributed by atoms with Crippen molar-refractivity contribution in [3.8, 4) is 0 Å². The molecular weight excluding hydrogens is 236 g/mol. The minimum absolute atomic E-state index is 0.270. The summed E-state index contributed by atoms with van der Waals surface area (Å²) in [7, 11) is 1.79. The Bertz CT molecular complexity index is 310. The van der Waals surface area contributed by atoms with Crippen molar-refractivity contribution in [1.82, 2.24) is 5.32 Å². The fraction of sp³-hybridized carbons (Fsp3) is 0.917. The van der Waals surface area contributed by atoms with Gasteiger partial charge in [-0.05, 0) is 25.7 Å². The van der Waals surface area contributed by atoms with Gasteiger partial charge in [-0.1, -0.05) is 11.8 Å². The molecule has 0 aromatic heterocycles. The van der Waals surface area contributed by atoms with Crippen molar-refractivity contribution >= 4 is 16.9 Å². The molecule has 2 saturated heterocycles. The number of rotatable bonds is 2. The van der Waals surface area contributed by atoms with Crippen LogP contribution in [0.4, 0.5) is 0 Å². The molecule has 1 saturated carbocycles. The van der Waals surface area contributed by atoms with Crippen molar-refractivity contribution < 1.29 is 9.47 Å². The topological polar surface area (TPSA) is 42.8 Å². The fourth-order valence-corrected chi connectivity index (χ4v) is 3.89. The standard InChI is InChI=1S/C12H20N2O2S/c1-15-10-6-9(7-10)13-11-14-12(8-17-11)2-4-16-5-3-12/h9-10H,2-8H2,1H3,(H,13,14). The molecule has 0 amide bonds. The second-order valence-electron chi connectivity index (χ2n) is 5.22. The molecule has 17 heavy (non-hydrogen) atoms. The average Bonchev–Trinajstić information content (AvgIpc) is 2.67. The van der Waals surface area contributed by atoms with Gasteiger partial charge in [-0.15, -0.1) is 0 Å². The van der Waals surface area contributed by atoms with Gasteiger partial charge in [0.25, 0.3) is 0 Å². The SMILES string of the molecule is COC1CC(N=C2NC3(CCOCC3)CS2)C1. The van der Waals surface area contributed by atoms with Crippen LogP contribution in [0.5, 0.6) is 0 Å². The van der Waals surface area contributed by atoms with E-state index in [2.05, 4.69) is 5.32 Å². The monoisotopic (exact) mass is 256 g/mol. The summed E-state index contributed by atoms with van der Waals surface area (Å²) in [5.41, 5.74) is 0.270. The van der Waals surface area contributed by atoms with Crippen molar-refractivity contribution in [1.29, 1.82) is 0 Å². The van der Waals surface area contributed by atoms with Gasteiger partial charge in [0.05, 0.1) is 17.7 Å². The minimum atomic E-state index is 0.270. The first-order chi connectivity index (χ1) is 8.30. The molecular formula is C12H20N2O2S. The van der Waals surface area contributed by atoms with E-state index in [1.807, 2.05) is 11.8 Å². The molecule has 1 aliphatic carbocycles. The summed E-state index contributed by atoms with van der Waals surface area (Å²) >= 11 is 1.88. The summed E-state index contributed by atoms with van der Waals surface area (Å²) in [5, 5.41) is 4.78. The third-order valence-electron chi connectivity index (χ3n) is 4.01. The number of amidine groups is 1. The van der Waals surface area contributed by atoms with Gasteiger partial charge in [0.1, 0.15) is 0 Å². The Morgan fingerprint density at radius 2 is 2.18 bits per heavy atom. The predicted molar refractivity (Wildman–Crippen MR) is 69.6 cm³/mol. The van der Waals surface area contributed by atoms with Gasteiger partial charge in [0, 0.05) is 26.1 Å². The fourth-order valence-electron chi connectivity index (χ4n) is 2.61. The van der Waals surface area contributed by atoms with Crippen LogP contribution in [0.2, 0.25) is 0 Å². The van der Waals surface area contributed by atoms with E-state index in [1.54, 1.807) is 7.11 Å². The van der Waals surface area contributed by atoms with Crippen molar-refractivity contribution in [3.05, 3.63) is 0 Å². The molecule has 3 rings (SSSR count). The maximum Gasteiger partial charge on any atom is 0.157 e. The molecule has 0 atom stereocenters. The maximum absolute atomic E-state index is 5.43. The lowest BCUT2D eigenvalue weighted by molar-refractivity contribution is 0.0283. The summed E-state index contributed by atoms with van der Waals surface area (Å²) in [5.74, 6) is 1.15. The van der Waals surface area contributed by atoms with Crippen LogP contribution in [0, 0.1) is 0 Å². The molecule has 96 valence electrons. The number of aliphatic imine (C=N–C) groups is 1. The van der Waals surface area contributed by atoms with Gasteiger partial charge in [0.15, 0.2) is 5.17 Å². The number of nitrogens with zero attached hydrogens (tertiary/aromatic N) is 1. The van der Waals surface area contributed by atoms with Gasteiger partial charge in [-0.3, -0.25) is 4.99 Å². The Balaban J connectivity index is 1.55. The zero-order valence-electron chi connectivity index (χ0n) is 10.3. The average molecular weight is 256 g/mol. The lowest BCUT2D eigenvalue weighted by Gasteiger charge is -2.33. The van der Waals surface area contributed by atoms with Crippen LogP contribution in [0.15, 0.2) is 4.99 Å². The normalized spacial score (nSPS) is 38.1. The predicted octanol–water partition coefficient (Wildman–Crippen LogP) is 1.41. The first-order valence-electron chi connectivity index (χ1n) is 6.39. The van der Waals surface area contributed by atoms with Crippen LogP contribution in [0.3, 0.4) is 0 Å². The molecule has 0 aromatic carbocycles. The zero-order valence-corrected chi connectivity index (χ0v) is 11.1. The number of methoxy groups -OCH3 is 1. The third kappa shape index (κ3) is 2.46. The molecule has 5 heteroatoms. The zero-order chi connectivity index (χ0) is 11.7. The lowest BCUT2D eigenvalue weighted by atomic mass is 9.90. The molecule has 3 fully saturated rings. The lowest BCUT2D eigenvalue weighted by Crippen LogP contribution is -2.48. The van der Waals surface area contributed by atoms with E-state index < -0.39 is 0 Å². The quantitative estimate of drug-likeness (QED) is 0.811. The summed E-state index contributed by atoms with van der Waals surface area (Å²) in [6, 6.07) is 0.477. The van der Waals surface area contributed by atoms with E-state index in [1.165, 1.54) is 0 Å². The molecule has 2 heterocycles. The molecule has 2 aliphatic heterocycles. The Hall–Kier alpha value is -0.260. The minimum Gasteiger partial charge on any atom is -0.381 e. The van der Waals surface area contributed by atoms with Gasteiger partial charge < -0.3 is 14.8 Å². The number of thioether (sulfide) groups is 1. The highest BCUT2D eigenvalue weighted by Gasteiger charge is 2.39. The Labute approximate surface area is 107 Å². The molecule has 0 unspecified atom stereocenters. The first kappa shape index (κ1) is 11.8. The highest BCUT2D eigenvalue weighted by molar-refractivity contribution is 8.14. The highest BCUT2D eigenvalue weighted by atomic mass is 32.2. The van der Waals surface area contributed by atoms with Crippen molar-refractivity contribution in [2.75, 3.05) is 26.1 Å². The molecule has 0 bridgehead atoms. The van der Waals surface area contributed by atoms with E-state index in [0.29, 0.717) is 12.1 Å². The first-order valence-corrected chi connectivity index (χ1v) is 7.38. The summed E-state index contributed by atoms with van der Waals surface area (Å²) in [4.78, 5) is 4.78. The van der Waals surface area contributed by atoms with Crippen LogP contribution in [0.1, 0.15) is 25.7 Å². The Morgan fingerprint density at radius 1 is 1.41 bits per heavy atom. The van der Waals surface area contributed by atoms with E-state index >= 15 is 0 Å². The number of ether oxygens (including phenoxy) is 2. The molecule has 0 radical (unpaired) electrons. The van der Waals surface area contributed by atoms with Crippen molar-refractivity contribution in [2.45, 2.75) is 43.4 Å². The van der Waals surface area contributed by atoms with Crippen LogP contribution < -0.4 is 5.32 Å². The largest absolute Gasteiger partial charge is 0.381 e. The Kier molecular flexibility index (Phi) is 3.32. The smallest absolute Gasteiger partial charge is 0.157 e. The van der Waals surface area contributed by atoms with Crippen LogP contribution in [-0.4, -0.2) is 48.9 Å². The van der Waals surface area contributed by atoms with Crippen LogP contribution >= 0.6 is 11.8 Å². The van der Waals surface area contributed by atoms with Crippen LogP contribution in [-0.2, 0) is 9.47 Å². The third-order valence-corrected chi connectivity index (χ3v) is 5.19. The second-order valence-corrected chi connectivity index (χ2v) is 6.19. The second kappa shape index (κ2) is 4.78. The number of hydrogen-bond donors (Lipinski definition) is 1. The number of nitrogens with one attached hydrogen (secondary N) is 1. The molecule has 1 N–H and O–H groups in total. The van der Waals surface area contributed by atoms with Crippen molar-refractivity contribution in [2.24, 2.45) is 4.99 Å². The highest BCUT2D eigenvalue weighted by Crippen LogP contribution is 2.33. The summed E-state index contributed by atoms with van der Waals surface area (Å²) in [6.07, 6.45) is 4.83. The van der Waals surface area contributed by atoms with Crippen molar-refractivity contribution in [3.63, 3.8) is 0 Å². The van der Waals surface area contributed by atoms with Gasteiger partial charge in [-0.2, -0.15) is 0 Å². The molecule has 0 aromatic rings. The van der Waals surface area contributed by atoms with E-state index in [0.717, 1.165) is 49.8 Å². The van der Waals surface area contributed by atoms with Crippen LogP contribution in [0.25, 0.3) is 0 Å². The van der Waals surface area contributed by atoms with Gasteiger partial charge >= 0.3 is 0 Å². The summed E-state index contributed by atoms with van der Waals surface area (Å²) in [6.45, 7) is 1.77. The summed E-state index contributed by atoms with van der Waals surface area (Å²) < 4.78 is 10.7.